The summed E-state index contributed by atoms with van der Waals surface area (Å²) in [6, 6.07) is 0. The lowest BCUT2D eigenvalue weighted by molar-refractivity contribution is -0.328. The number of hydrogen-bond acceptors (Lipinski definition) is 8. The largest absolute Gasteiger partial charge is 0.394 e. The van der Waals surface area contributed by atoms with Gasteiger partial charge in [-0.2, -0.15) is 0 Å². The molecule has 0 bridgehead atoms. The molecule has 0 spiro atoms. The van der Waals surface area contributed by atoms with E-state index >= 15 is 0 Å². The lowest BCUT2D eigenvalue weighted by atomic mass is 9.56. The topological polar surface area (TPSA) is 140 Å². The number of rotatable bonds is 4. The van der Waals surface area contributed by atoms with Crippen LogP contribution in [0.2, 0.25) is 0 Å². The second-order valence-electron chi connectivity index (χ2n) is 9.64. The molecule has 3 aliphatic rings. The summed E-state index contributed by atoms with van der Waals surface area (Å²) in [7, 11) is 0. The standard InChI is InChI=1S/C21H36O8/c1-9-5-6-12(23)14-10(2)7-11(21(3,4)27)19(15(9)14)29-20-18(26)17(25)16(24)13(8-22)28-20/h10-20,22-27H,1,5-8H2,2-4H3/t10-,11?,12?,13?,14?,15?,16?,17?,18?,19?,20?/m0/s1. The van der Waals surface area contributed by atoms with Gasteiger partial charge in [-0.15, -0.1) is 0 Å². The van der Waals surface area contributed by atoms with Crippen molar-refractivity contribution in [3.63, 3.8) is 0 Å². The van der Waals surface area contributed by atoms with E-state index in [4.69, 9.17) is 9.47 Å². The first-order valence-corrected chi connectivity index (χ1v) is 10.5. The van der Waals surface area contributed by atoms with Gasteiger partial charge in [-0.25, -0.2) is 0 Å². The van der Waals surface area contributed by atoms with Crippen LogP contribution in [0.4, 0.5) is 0 Å². The van der Waals surface area contributed by atoms with Crippen molar-refractivity contribution in [2.75, 3.05) is 6.61 Å². The van der Waals surface area contributed by atoms with Gasteiger partial charge in [0.1, 0.15) is 24.4 Å². The second-order valence-corrected chi connectivity index (χ2v) is 9.64. The molecule has 0 aromatic carbocycles. The average molecular weight is 417 g/mol. The number of aliphatic hydroxyl groups is 6. The monoisotopic (exact) mass is 416 g/mol. The van der Waals surface area contributed by atoms with Gasteiger partial charge in [-0.3, -0.25) is 0 Å². The summed E-state index contributed by atoms with van der Waals surface area (Å²) in [5.41, 5.74) is -0.170. The van der Waals surface area contributed by atoms with Crippen molar-refractivity contribution in [3.05, 3.63) is 12.2 Å². The molecule has 1 saturated heterocycles. The Hall–Kier alpha value is -0.580. The van der Waals surface area contributed by atoms with Gasteiger partial charge in [0.15, 0.2) is 6.29 Å². The van der Waals surface area contributed by atoms with E-state index in [1.165, 1.54) is 0 Å². The Labute approximate surface area is 171 Å². The molecule has 29 heavy (non-hydrogen) atoms. The Morgan fingerprint density at radius 1 is 1.14 bits per heavy atom. The molecule has 0 radical (unpaired) electrons. The van der Waals surface area contributed by atoms with Crippen molar-refractivity contribution in [1.82, 2.24) is 0 Å². The predicted molar refractivity (Wildman–Crippen MR) is 104 cm³/mol. The highest BCUT2D eigenvalue weighted by molar-refractivity contribution is 5.16. The zero-order valence-corrected chi connectivity index (χ0v) is 17.4. The maximum atomic E-state index is 10.9. The third-order valence-corrected chi connectivity index (χ3v) is 7.17. The minimum absolute atomic E-state index is 0.0928. The van der Waals surface area contributed by atoms with E-state index in [-0.39, 0.29) is 23.7 Å². The molecule has 2 saturated carbocycles. The van der Waals surface area contributed by atoms with Gasteiger partial charge in [0, 0.05) is 11.8 Å². The third-order valence-electron chi connectivity index (χ3n) is 7.17. The van der Waals surface area contributed by atoms with E-state index in [0.29, 0.717) is 19.3 Å². The molecule has 1 heterocycles. The summed E-state index contributed by atoms with van der Waals surface area (Å²) in [5.74, 6) is -0.526. The Bertz CT molecular complexity index is 588. The van der Waals surface area contributed by atoms with E-state index in [1.807, 2.05) is 0 Å². The Kier molecular flexibility index (Phi) is 6.78. The van der Waals surface area contributed by atoms with Crippen LogP contribution in [0, 0.1) is 23.7 Å². The van der Waals surface area contributed by atoms with Crippen LogP contribution in [0.3, 0.4) is 0 Å². The smallest absolute Gasteiger partial charge is 0.187 e. The number of fused-ring (bicyclic) bond motifs is 1. The van der Waals surface area contributed by atoms with Gasteiger partial charge >= 0.3 is 0 Å². The number of aliphatic hydroxyl groups excluding tert-OH is 5. The van der Waals surface area contributed by atoms with Gasteiger partial charge in [0.25, 0.3) is 0 Å². The van der Waals surface area contributed by atoms with Crippen molar-refractivity contribution in [1.29, 1.82) is 0 Å². The van der Waals surface area contributed by atoms with Crippen LogP contribution in [0.25, 0.3) is 0 Å². The molecule has 8 nitrogen and oxygen atoms in total. The van der Waals surface area contributed by atoms with Crippen molar-refractivity contribution < 1.29 is 40.1 Å². The summed E-state index contributed by atoms with van der Waals surface area (Å²) in [6.07, 6.45) is -6.13. The van der Waals surface area contributed by atoms with E-state index < -0.39 is 55.1 Å². The third kappa shape index (κ3) is 4.27. The molecule has 6 N–H and O–H groups in total. The van der Waals surface area contributed by atoms with Gasteiger partial charge in [-0.05, 0) is 44.9 Å². The molecule has 3 fully saturated rings. The van der Waals surface area contributed by atoms with Gasteiger partial charge in [0.05, 0.1) is 24.4 Å². The Morgan fingerprint density at radius 2 is 1.79 bits per heavy atom. The first-order chi connectivity index (χ1) is 13.5. The van der Waals surface area contributed by atoms with Gasteiger partial charge < -0.3 is 40.1 Å². The summed E-state index contributed by atoms with van der Waals surface area (Å²) >= 11 is 0. The zero-order valence-electron chi connectivity index (χ0n) is 17.4. The summed E-state index contributed by atoms with van der Waals surface area (Å²) in [4.78, 5) is 0. The van der Waals surface area contributed by atoms with Gasteiger partial charge in [0.2, 0.25) is 0 Å². The highest BCUT2D eigenvalue weighted by Gasteiger charge is 2.55. The van der Waals surface area contributed by atoms with Crippen LogP contribution in [-0.2, 0) is 9.47 Å². The second kappa shape index (κ2) is 8.51. The van der Waals surface area contributed by atoms with Crippen LogP contribution in [0.15, 0.2) is 12.2 Å². The van der Waals surface area contributed by atoms with Crippen molar-refractivity contribution >= 4 is 0 Å². The van der Waals surface area contributed by atoms with Crippen LogP contribution in [-0.4, -0.2) is 85.8 Å². The first kappa shape index (κ1) is 23.1. The molecule has 1 aliphatic heterocycles. The predicted octanol–water partition coefficient (Wildman–Crippen LogP) is -0.458. The van der Waals surface area contributed by atoms with E-state index in [9.17, 15) is 30.6 Å². The Balaban J connectivity index is 1.92. The normalized spacial score (nSPS) is 49.0. The van der Waals surface area contributed by atoms with Crippen molar-refractivity contribution in [2.24, 2.45) is 23.7 Å². The van der Waals surface area contributed by atoms with E-state index in [2.05, 4.69) is 13.5 Å². The number of ether oxygens (including phenoxy) is 2. The summed E-state index contributed by atoms with van der Waals surface area (Å²) in [6.45, 7) is 9.12. The van der Waals surface area contributed by atoms with E-state index in [0.717, 1.165) is 5.57 Å². The molecular weight excluding hydrogens is 380 g/mol. The fourth-order valence-electron chi connectivity index (χ4n) is 5.54. The fourth-order valence-corrected chi connectivity index (χ4v) is 5.54. The van der Waals surface area contributed by atoms with Crippen LogP contribution >= 0.6 is 0 Å². The van der Waals surface area contributed by atoms with Gasteiger partial charge in [-0.1, -0.05) is 19.1 Å². The minimum Gasteiger partial charge on any atom is -0.394 e. The SMILES string of the molecule is C=C1CCC(O)C2C1C(OC1OC(CO)C(O)C(O)C1O)C(C(C)(C)O)C[C@@H]2C. The molecule has 0 amide bonds. The maximum Gasteiger partial charge on any atom is 0.187 e. The molecule has 0 aromatic rings. The van der Waals surface area contributed by atoms with Crippen LogP contribution < -0.4 is 0 Å². The quantitative estimate of drug-likeness (QED) is 0.339. The maximum absolute atomic E-state index is 10.9. The lowest BCUT2D eigenvalue weighted by Gasteiger charge is -2.54. The van der Waals surface area contributed by atoms with Crippen molar-refractivity contribution in [2.45, 2.75) is 88.5 Å². The molecule has 2 aliphatic carbocycles. The van der Waals surface area contributed by atoms with Crippen LogP contribution in [0.1, 0.15) is 40.0 Å². The fraction of sp³-hybridized carbons (Fsp3) is 0.905. The first-order valence-electron chi connectivity index (χ1n) is 10.5. The molecule has 8 heteroatoms. The zero-order chi connectivity index (χ0) is 21.7. The molecule has 168 valence electrons. The lowest BCUT2D eigenvalue weighted by Crippen LogP contribution is -2.62. The van der Waals surface area contributed by atoms with E-state index in [1.54, 1.807) is 13.8 Å². The molecule has 10 unspecified atom stereocenters. The molecule has 11 atom stereocenters. The number of hydrogen-bond donors (Lipinski definition) is 6. The average Bonchev–Trinajstić information content (AvgIpc) is 2.65. The molecule has 0 aromatic heterocycles. The highest BCUT2D eigenvalue weighted by Crippen LogP contribution is 2.52. The summed E-state index contributed by atoms with van der Waals surface area (Å²) < 4.78 is 11.7. The Morgan fingerprint density at radius 3 is 2.38 bits per heavy atom. The molecule has 3 rings (SSSR count). The van der Waals surface area contributed by atoms with Crippen LogP contribution in [0.5, 0.6) is 0 Å². The minimum atomic E-state index is -1.54. The summed E-state index contributed by atoms with van der Waals surface area (Å²) in [5, 5.41) is 61.5. The highest BCUT2D eigenvalue weighted by atomic mass is 16.7. The van der Waals surface area contributed by atoms with Crippen molar-refractivity contribution in [3.8, 4) is 0 Å². The molecular formula is C21H36O8.